The van der Waals surface area contributed by atoms with Crippen LogP contribution < -0.4 is 0 Å². The molecule has 0 saturated carbocycles. The zero-order valence-corrected chi connectivity index (χ0v) is 7.99. The van der Waals surface area contributed by atoms with Crippen molar-refractivity contribution in [2.45, 2.75) is 19.8 Å². The third kappa shape index (κ3) is 2.33. The summed E-state index contributed by atoms with van der Waals surface area (Å²) in [6, 6.07) is 4.85. The Hall–Kier alpha value is -1.82. The van der Waals surface area contributed by atoms with Crippen LogP contribution in [0.2, 0.25) is 0 Å². The second-order valence-electron chi connectivity index (χ2n) is 3.07. The number of nitro groups is 1. The number of benzene rings is 1. The molecule has 0 fully saturated rings. The molecule has 0 spiro atoms. The standard InChI is InChI=1S/C11H11NO2/c1-3-4-5-10-8-11(12(13)14)7-6-9(10)2/h1,6-8H,4-5H2,2H3. The Labute approximate surface area is 82.9 Å². The van der Waals surface area contributed by atoms with Gasteiger partial charge in [0.25, 0.3) is 5.69 Å². The normalized spacial score (nSPS) is 9.43. The highest BCUT2D eigenvalue weighted by Crippen LogP contribution is 2.18. The van der Waals surface area contributed by atoms with Gasteiger partial charge in [0.1, 0.15) is 0 Å². The van der Waals surface area contributed by atoms with Gasteiger partial charge in [0.15, 0.2) is 0 Å². The average molecular weight is 189 g/mol. The van der Waals surface area contributed by atoms with E-state index >= 15 is 0 Å². The molecule has 1 aromatic rings. The summed E-state index contributed by atoms with van der Waals surface area (Å²) in [5.41, 5.74) is 2.13. The molecule has 3 heteroatoms. The van der Waals surface area contributed by atoms with E-state index in [0.717, 1.165) is 11.1 Å². The molecule has 0 aromatic heterocycles. The molecule has 0 N–H and O–H groups in total. The zero-order valence-electron chi connectivity index (χ0n) is 7.99. The minimum absolute atomic E-state index is 0.127. The summed E-state index contributed by atoms with van der Waals surface area (Å²) in [6.45, 7) is 1.93. The minimum Gasteiger partial charge on any atom is -0.258 e. The topological polar surface area (TPSA) is 43.1 Å². The monoisotopic (exact) mass is 189 g/mol. The van der Waals surface area contributed by atoms with Crippen molar-refractivity contribution in [3.05, 3.63) is 39.4 Å². The first-order valence-electron chi connectivity index (χ1n) is 4.32. The highest BCUT2D eigenvalue weighted by Gasteiger charge is 2.07. The largest absolute Gasteiger partial charge is 0.269 e. The molecule has 0 saturated heterocycles. The third-order valence-corrected chi connectivity index (χ3v) is 2.08. The lowest BCUT2D eigenvalue weighted by atomic mass is 10.0. The first-order valence-corrected chi connectivity index (χ1v) is 4.32. The van der Waals surface area contributed by atoms with Gasteiger partial charge in [0, 0.05) is 18.6 Å². The maximum absolute atomic E-state index is 10.5. The molecule has 1 rings (SSSR count). The van der Waals surface area contributed by atoms with Crippen LogP contribution in [0.25, 0.3) is 0 Å². The predicted octanol–water partition coefficient (Wildman–Crippen LogP) is 2.47. The van der Waals surface area contributed by atoms with E-state index in [1.54, 1.807) is 12.1 Å². The van der Waals surface area contributed by atoms with Crippen LogP contribution in [0.1, 0.15) is 17.5 Å². The van der Waals surface area contributed by atoms with Crippen molar-refractivity contribution in [3.63, 3.8) is 0 Å². The number of nitro benzene ring substituents is 1. The molecule has 3 nitrogen and oxygen atoms in total. The summed E-state index contributed by atoms with van der Waals surface area (Å²) in [7, 11) is 0. The maximum Gasteiger partial charge on any atom is 0.269 e. The molecule has 1 aromatic carbocycles. The van der Waals surface area contributed by atoms with E-state index in [4.69, 9.17) is 6.42 Å². The molecular formula is C11H11NO2. The number of hydrogen-bond donors (Lipinski definition) is 0. The van der Waals surface area contributed by atoms with Crippen LogP contribution in [0.4, 0.5) is 5.69 Å². The van der Waals surface area contributed by atoms with Crippen LogP contribution in [0.5, 0.6) is 0 Å². The van der Waals surface area contributed by atoms with E-state index < -0.39 is 4.92 Å². The predicted molar refractivity (Wildman–Crippen MR) is 55.0 cm³/mol. The van der Waals surface area contributed by atoms with Crippen LogP contribution in [-0.2, 0) is 6.42 Å². The van der Waals surface area contributed by atoms with E-state index in [9.17, 15) is 10.1 Å². The summed E-state index contributed by atoms with van der Waals surface area (Å²) < 4.78 is 0. The maximum atomic E-state index is 10.5. The first-order chi connectivity index (χ1) is 6.65. The summed E-state index contributed by atoms with van der Waals surface area (Å²) in [4.78, 5) is 10.1. The van der Waals surface area contributed by atoms with Gasteiger partial charge in [-0.25, -0.2) is 0 Å². The van der Waals surface area contributed by atoms with Gasteiger partial charge < -0.3 is 0 Å². The molecule has 0 unspecified atom stereocenters. The zero-order chi connectivity index (χ0) is 10.6. The van der Waals surface area contributed by atoms with Crippen LogP contribution in [0, 0.1) is 29.4 Å². The summed E-state index contributed by atoms with van der Waals surface area (Å²) in [6.07, 6.45) is 6.45. The highest BCUT2D eigenvalue weighted by atomic mass is 16.6. The molecule has 0 aliphatic carbocycles. The van der Waals surface area contributed by atoms with Gasteiger partial charge in [0.2, 0.25) is 0 Å². The van der Waals surface area contributed by atoms with Gasteiger partial charge in [-0.15, -0.1) is 12.3 Å². The Morgan fingerprint density at radius 1 is 1.57 bits per heavy atom. The number of nitrogens with zero attached hydrogens (tertiary/aromatic N) is 1. The number of rotatable bonds is 3. The van der Waals surface area contributed by atoms with Gasteiger partial charge in [-0.2, -0.15) is 0 Å². The molecule has 72 valence electrons. The van der Waals surface area contributed by atoms with Gasteiger partial charge in [0.05, 0.1) is 4.92 Å². The van der Waals surface area contributed by atoms with E-state index in [1.807, 2.05) is 6.92 Å². The van der Waals surface area contributed by atoms with E-state index in [0.29, 0.717) is 12.8 Å². The second-order valence-corrected chi connectivity index (χ2v) is 3.07. The lowest BCUT2D eigenvalue weighted by Crippen LogP contribution is -1.93. The van der Waals surface area contributed by atoms with E-state index in [1.165, 1.54) is 6.07 Å². The SMILES string of the molecule is C#CCCc1cc([N+](=O)[O-])ccc1C. The van der Waals surface area contributed by atoms with Crippen LogP contribution >= 0.6 is 0 Å². The minimum atomic E-state index is -0.390. The fourth-order valence-corrected chi connectivity index (χ4v) is 1.25. The van der Waals surface area contributed by atoms with Crippen molar-refractivity contribution in [3.8, 4) is 12.3 Å². The number of terminal acetylenes is 1. The highest BCUT2D eigenvalue weighted by molar-refractivity contribution is 5.39. The molecule has 0 bridgehead atoms. The molecule has 0 aliphatic rings. The fourth-order valence-electron chi connectivity index (χ4n) is 1.25. The van der Waals surface area contributed by atoms with Crippen LogP contribution in [-0.4, -0.2) is 4.92 Å². The lowest BCUT2D eigenvalue weighted by Gasteiger charge is -2.02. The van der Waals surface area contributed by atoms with Gasteiger partial charge in [-0.1, -0.05) is 6.07 Å². The van der Waals surface area contributed by atoms with Crippen molar-refractivity contribution in [2.24, 2.45) is 0 Å². The molecule has 14 heavy (non-hydrogen) atoms. The van der Waals surface area contributed by atoms with Crippen molar-refractivity contribution in [2.75, 3.05) is 0 Å². The summed E-state index contributed by atoms with van der Waals surface area (Å²) in [5.74, 6) is 2.52. The lowest BCUT2D eigenvalue weighted by molar-refractivity contribution is -0.384. The Morgan fingerprint density at radius 3 is 2.86 bits per heavy atom. The van der Waals surface area contributed by atoms with Gasteiger partial charge in [-0.05, 0) is 24.5 Å². The Bertz CT molecular complexity index is 391. The average Bonchev–Trinajstić information content (AvgIpc) is 2.16. The van der Waals surface area contributed by atoms with E-state index in [-0.39, 0.29) is 5.69 Å². The fraction of sp³-hybridized carbons (Fsp3) is 0.273. The Balaban J connectivity index is 2.97. The van der Waals surface area contributed by atoms with Crippen molar-refractivity contribution in [1.82, 2.24) is 0 Å². The summed E-state index contributed by atoms with van der Waals surface area (Å²) in [5, 5.41) is 10.5. The Morgan fingerprint density at radius 2 is 2.29 bits per heavy atom. The molecule has 0 aliphatic heterocycles. The van der Waals surface area contributed by atoms with Crippen LogP contribution in [0.3, 0.4) is 0 Å². The Kier molecular flexibility index (Phi) is 3.24. The molecular weight excluding hydrogens is 178 g/mol. The quantitative estimate of drug-likeness (QED) is 0.416. The third-order valence-electron chi connectivity index (χ3n) is 2.08. The van der Waals surface area contributed by atoms with Gasteiger partial charge in [-0.3, -0.25) is 10.1 Å². The second kappa shape index (κ2) is 4.43. The van der Waals surface area contributed by atoms with Crippen molar-refractivity contribution < 1.29 is 4.92 Å². The van der Waals surface area contributed by atoms with Crippen molar-refractivity contribution in [1.29, 1.82) is 0 Å². The molecule has 0 radical (unpaired) electrons. The number of non-ortho nitro benzene ring substituents is 1. The molecule has 0 heterocycles. The molecule has 0 atom stereocenters. The van der Waals surface area contributed by atoms with Crippen molar-refractivity contribution >= 4 is 5.69 Å². The number of aryl methyl sites for hydroxylation is 2. The smallest absolute Gasteiger partial charge is 0.258 e. The summed E-state index contributed by atoms with van der Waals surface area (Å²) >= 11 is 0. The first kappa shape index (κ1) is 10.3. The van der Waals surface area contributed by atoms with Crippen LogP contribution in [0.15, 0.2) is 18.2 Å². The van der Waals surface area contributed by atoms with Gasteiger partial charge >= 0.3 is 0 Å². The molecule has 0 amide bonds. The van der Waals surface area contributed by atoms with E-state index in [2.05, 4.69) is 5.92 Å². The number of hydrogen-bond acceptors (Lipinski definition) is 2.